The van der Waals surface area contributed by atoms with Gasteiger partial charge in [-0.25, -0.2) is 13.4 Å². The molecule has 1 aliphatic heterocycles. The van der Waals surface area contributed by atoms with E-state index in [9.17, 15) is 21.6 Å². The molecule has 0 aromatic carbocycles. The lowest BCUT2D eigenvalue weighted by Gasteiger charge is -2.31. The Morgan fingerprint density at radius 1 is 1.38 bits per heavy atom. The van der Waals surface area contributed by atoms with Gasteiger partial charge in [0, 0.05) is 32.3 Å². The second-order valence-electron chi connectivity index (χ2n) is 5.73. The van der Waals surface area contributed by atoms with Crippen LogP contribution in [0.15, 0.2) is 27.9 Å². The van der Waals surface area contributed by atoms with Gasteiger partial charge in [-0.3, -0.25) is 0 Å². The smallest absolute Gasteiger partial charge is 0.337 e. The molecule has 2 aromatic heterocycles. The van der Waals surface area contributed by atoms with Gasteiger partial charge >= 0.3 is 6.18 Å². The minimum Gasteiger partial charge on any atom is -0.337 e. The third kappa shape index (κ3) is 3.22. The van der Waals surface area contributed by atoms with Gasteiger partial charge in [-0.05, 0) is 24.3 Å². The molecule has 0 amide bonds. The molecule has 0 N–H and O–H groups in total. The van der Waals surface area contributed by atoms with Crippen molar-refractivity contribution in [3.63, 3.8) is 0 Å². The number of rotatable bonds is 3. The van der Waals surface area contributed by atoms with Crippen LogP contribution in [-0.4, -0.2) is 35.4 Å². The second-order valence-corrected chi connectivity index (χ2v) is 8.84. The standard InChI is InChI=1S/C14H16F3N3O2S2/c1-19-9-11(14(15,16)17)18-13(19)10-4-2-6-20(8-10)24(21,22)12-5-3-7-23-12/h3,5,7,9-10H,2,4,6,8H2,1H3. The fourth-order valence-corrected chi connectivity index (χ4v) is 5.57. The molecular weight excluding hydrogens is 363 g/mol. The van der Waals surface area contributed by atoms with Crippen molar-refractivity contribution in [1.29, 1.82) is 0 Å². The van der Waals surface area contributed by atoms with Crippen LogP contribution in [0.5, 0.6) is 0 Å². The summed E-state index contributed by atoms with van der Waals surface area (Å²) in [7, 11) is -2.10. The molecule has 24 heavy (non-hydrogen) atoms. The molecule has 0 saturated carbocycles. The first-order valence-electron chi connectivity index (χ1n) is 7.33. The third-order valence-electron chi connectivity index (χ3n) is 4.04. The molecule has 10 heteroatoms. The van der Waals surface area contributed by atoms with Crippen LogP contribution in [0.2, 0.25) is 0 Å². The third-order valence-corrected chi connectivity index (χ3v) is 7.28. The summed E-state index contributed by atoms with van der Waals surface area (Å²) in [6, 6.07) is 3.19. The van der Waals surface area contributed by atoms with Crippen LogP contribution in [0.25, 0.3) is 0 Å². The summed E-state index contributed by atoms with van der Waals surface area (Å²) in [5.41, 5.74) is -0.946. The Labute approximate surface area is 141 Å². The van der Waals surface area contributed by atoms with E-state index in [1.165, 1.54) is 22.0 Å². The van der Waals surface area contributed by atoms with Crippen molar-refractivity contribution < 1.29 is 21.6 Å². The van der Waals surface area contributed by atoms with Crippen LogP contribution in [0.1, 0.15) is 30.3 Å². The molecule has 3 heterocycles. The van der Waals surface area contributed by atoms with Crippen LogP contribution < -0.4 is 0 Å². The van der Waals surface area contributed by atoms with E-state index in [1.807, 2.05) is 0 Å². The van der Waals surface area contributed by atoms with E-state index < -0.39 is 21.9 Å². The zero-order chi connectivity index (χ0) is 17.5. The average Bonchev–Trinajstić information content (AvgIpc) is 3.16. The van der Waals surface area contributed by atoms with Crippen molar-refractivity contribution in [3.8, 4) is 0 Å². The van der Waals surface area contributed by atoms with E-state index >= 15 is 0 Å². The SMILES string of the molecule is Cn1cc(C(F)(F)F)nc1C1CCCN(S(=O)(=O)c2cccs2)C1. The maximum Gasteiger partial charge on any atom is 0.434 e. The molecule has 132 valence electrons. The maximum atomic E-state index is 12.8. The number of aryl methyl sites for hydroxylation is 1. The Balaban J connectivity index is 1.86. The van der Waals surface area contributed by atoms with Crippen LogP contribution in [0, 0.1) is 0 Å². The van der Waals surface area contributed by atoms with Gasteiger partial charge in [0.05, 0.1) is 0 Å². The van der Waals surface area contributed by atoms with E-state index in [0.29, 0.717) is 19.4 Å². The molecule has 2 aromatic rings. The molecule has 3 rings (SSSR count). The molecule has 1 unspecified atom stereocenters. The summed E-state index contributed by atoms with van der Waals surface area (Å²) in [6.45, 7) is 0.510. The summed E-state index contributed by atoms with van der Waals surface area (Å²) in [4.78, 5) is 3.70. The van der Waals surface area contributed by atoms with Gasteiger partial charge in [-0.15, -0.1) is 11.3 Å². The quantitative estimate of drug-likeness (QED) is 0.824. The lowest BCUT2D eigenvalue weighted by Crippen LogP contribution is -2.39. The molecule has 0 spiro atoms. The number of hydrogen-bond acceptors (Lipinski definition) is 4. The molecule has 0 radical (unpaired) electrons. The number of piperidine rings is 1. The normalized spacial score (nSPS) is 20.4. The molecule has 1 atom stereocenters. The first-order chi connectivity index (χ1) is 11.2. The van der Waals surface area contributed by atoms with Crippen LogP contribution in [-0.2, 0) is 23.2 Å². The highest BCUT2D eigenvalue weighted by Gasteiger charge is 2.37. The number of sulfonamides is 1. The van der Waals surface area contributed by atoms with E-state index in [4.69, 9.17) is 0 Å². The van der Waals surface area contributed by atoms with Crippen molar-refractivity contribution in [3.05, 3.63) is 35.2 Å². The van der Waals surface area contributed by atoms with E-state index in [2.05, 4.69) is 4.98 Å². The highest BCUT2D eigenvalue weighted by molar-refractivity contribution is 7.91. The molecule has 0 aliphatic carbocycles. The number of hydrogen-bond donors (Lipinski definition) is 0. The Kier molecular flexibility index (Phi) is 4.47. The highest BCUT2D eigenvalue weighted by Crippen LogP contribution is 2.34. The van der Waals surface area contributed by atoms with Gasteiger partial charge in [0.25, 0.3) is 10.0 Å². The number of halogens is 3. The molecule has 1 aliphatic rings. The van der Waals surface area contributed by atoms with Gasteiger partial charge in [-0.2, -0.15) is 17.5 Å². The largest absolute Gasteiger partial charge is 0.434 e. The molecule has 0 bridgehead atoms. The number of thiophene rings is 1. The fourth-order valence-electron chi connectivity index (χ4n) is 2.91. The summed E-state index contributed by atoms with van der Waals surface area (Å²) in [6.07, 6.45) is -2.36. The Morgan fingerprint density at radius 3 is 2.71 bits per heavy atom. The molecule has 1 saturated heterocycles. The highest BCUT2D eigenvalue weighted by atomic mass is 32.2. The van der Waals surface area contributed by atoms with Gasteiger partial charge in [-0.1, -0.05) is 6.07 Å². The monoisotopic (exact) mass is 379 g/mol. The van der Waals surface area contributed by atoms with Crippen molar-refractivity contribution >= 4 is 21.4 Å². The van der Waals surface area contributed by atoms with Gasteiger partial charge < -0.3 is 4.57 Å². The van der Waals surface area contributed by atoms with Gasteiger partial charge in [0.2, 0.25) is 0 Å². The number of imidazole rings is 1. The second kappa shape index (κ2) is 6.16. The zero-order valence-corrected chi connectivity index (χ0v) is 14.5. The summed E-state index contributed by atoms with van der Waals surface area (Å²) in [5.74, 6) is -0.0806. The average molecular weight is 379 g/mol. The van der Waals surface area contributed by atoms with Gasteiger partial charge in [0.15, 0.2) is 5.69 Å². The topological polar surface area (TPSA) is 55.2 Å². The summed E-state index contributed by atoms with van der Waals surface area (Å²) in [5, 5.41) is 1.68. The lowest BCUT2D eigenvalue weighted by molar-refractivity contribution is -0.141. The number of nitrogens with zero attached hydrogens (tertiary/aromatic N) is 3. The Hall–Kier alpha value is -1.39. The molecular formula is C14H16F3N3O2S2. The molecule has 5 nitrogen and oxygen atoms in total. The number of alkyl halides is 3. The zero-order valence-electron chi connectivity index (χ0n) is 12.8. The minimum atomic E-state index is -4.51. The van der Waals surface area contributed by atoms with Crippen LogP contribution in [0.3, 0.4) is 0 Å². The first-order valence-corrected chi connectivity index (χ1v) is 9.65. The fraction of sp³-hybridized carbons (Fsp3) is 0.500. The lowest BCUT2D eigenvalue weighted by atomic mass is 9.99. The van der Waals surface area contributed by atoms with Gasteiger partial charge in [0.1, 0.15) is 10.0 Å². The minimum absolute atomic E-state index is 0.141. The van der Waals surface area contributed by atoms with E-state index in [0.717, 1.165) is 17.5 Å². The van der Waals surface area contributed by atoms with Crippen molar-refractivity contribution in [2.45, 2.75) is 29.1 Å². The van der Waals surface area contributed by atoms with Crippen LogP contribution >= 0.6 is 11.3 Å². The Bertz CT molecular complexity index is 813. The summed E-state index contributed by atoms with van der Waals surface area (Å²) >= 11 is 1.13. The van der Waals surface area contributed by atoms with Crippen molar-refractivity contribution in [1.82, 2.24) is 13.9 Å². The van der Waals surface area contributed by atoms with Crippen molar-refractivity contribution in [2.75, 3.05) is 13.1 Å². The van der Waals surface area contributed by atoms with E-state index in [1.54, 1.807) is 11.4 Å². The predicted octanol–water partition coefficient (Wildman–Crippen LogP) is 3.07. The first kappa shape index (κ1) is 17.4. The maximum absolute atomic E-state index is 12.8. The van der Waals surface area contributed by atoms with Crippen LogP contribution in [0.4, 0.5) is 13.2 Å². The number of aromatic nitrogens is 2. The summed E-state index contributed by atoms with van der Waals surface area (Å²) < 4.78 is 66.6. The van der Waals surface area contributed by atoms with E-state index in [-0.39, 0.29) is 22.5 Å². The Morgan fingerprint density at radius 2 is 2.12 bits per heavy atom. The molecule has 1 fully saturated rings. The predicted molar refractivity (Wildman–Crippen MR) is 83.3 cm³/mol. The van der Waals surface area contributed by atoms with Crippen molar-refractivity contribution in [2.24, 2.45) is 7.05 Å².